The largest absolute Gasteiger partial charge is 0.495 e. The van der Waals surface area contributed by atoms with Crippen molar-refractivity contribution >= 4 is 39.8 Å². The molecular formula is C16H13ClN4O2S. The van der Waals surface area contributed by atoms with Crippen molar-refractivity contribution in [2.45, 2.75) is 0 Å². The number of nitrogens with zero attached hydrogens (tertiary/aromatic N) is 2. The molecule has 3 rings (SSSR count). The minimum Gasteiger partial charge on any atom is -0.495 e. The summed E-state index contributed by atoms with van der Waals surface area (Å²) in [7, 11) is 1.54. The zero-order valence-corrected chi connectivity index (χ0v) is 14.2. The molecule has 24 heavy (non-hydrogen) atoms. The first kappa shape index (κ1) is 16.2. The van der Waals surface area contributed by atoms with Crippen molar-refractivity contribution in [3.05, 3.63) is 53.6 Å². The molecule has 0 saturated carbocycles. The molecule has 0 fully saturated rings. The molecule has 0 bridgehead atoms. The molecule has 0 saturated heterocycles. The third-order valence-electron chi connectivity index (χ3n) is 3.09. The molecule has 1 aromatic heterocycles. The lowest BCUT2D eigenvalue weighted by atomic mass is 10.2. The molecule has 0 unspecified atom stereocenters. The number of carbonyl (C=O) groups excluding carboxylic acids is 1. The van der Waals surface area contributed by atoms with Crippen molar-refractivity contribution in [1.29, 1.82) is 0 Å². The van der Waals surface area contributed by atoms with E-state index in [1.165, 1.54) is 11.3 Å². The van der Waals surface area contributed by atoms with Gasteiger partial charge in [0.15, 0.2) is 0 Å². The number of halogens is 1. The van der Waals surface area contributed by atoms with Crippen LogP contribution in [0.2, 0.25) is 5.02 Å². The van der Waals surface area contributed by atoms with Crippen molar-refractivity contribution in [3.63, 3.8) is 0 Å². The van der Waals surface area contributed by atoms with E-state index in [0.717, 1.165) is 5.56 Å². The van der Waals surface area contributed by atoms with Crippen molar-refractivity contribution in [2.24, 2.45) is 0 Å². The number of benzene rings is 2. The highest BCUT2D eigenvalue weighted by molar-refractivity contribution is 7.18. The Labute approximate surface area is 147 Å². The van der Waals surface area contributed by atoms with Crippen LogP contribution in [0.3, 0.4) is 0 Å². The summed E-state index contributed by atoms with van der Waals surface area (Å²) in [6, 6.07) is 14.0. The number of hydrogen-bond donors (Lipinski definition) is 2. The van der Waals surface area contributed by atoms with E-state index < -0.39 is 6.03 Å². The monoisotopic (exact) mass is 360 g/mol. The maximum Gasteiger partial charge on any atom is 0.325 e. The van der Waals surface area contributed by atoms with Crippen LogP contribution in [0.1, 0.15) is 0 Å². The van der Waals surface area contributed by atoms with E-state index in [-0.39, 0.29) is 0 Å². The fourth-order valence-corrected chi connectivity index (χ4v) is 2.85. The lowest BCUT2D eigenvalue weighted by molar-refractivity contribution is 0.262. The van der Waals surface area contributed by atoms with Crippen LogP contribution in [0, 0.1) is 0 Å². The summed E-state index contributed by atoms with van der Waals surface area (Å²) in [6.07, 6.45) is 0. The van der Waals surface area contributed by atoms with Crippen LogP contribution in [0.5, 0.6) is 5.75 Å². The molecule has 0 spiro atoms. The lowest BCUT2D eigenvalue weighted by Gasteiger charge is -2.09. The first-order valence-corrected chi connectivity index (χ1v) is 8.15. The molecule has 0 aliphatic rings. The highest BCUT2D eigenvalue weighted by Crippen LogP contribution is 2.28. The average molecular weight is 361 g/mol. The molecule has 6 nitrogen and oxygen atoms in total. The van der Waals surface area contributed by atoms with Gasteiger partial charge < -0.3 is 10.1 Å². The zero-order valence-electron chi connectivity index (χ0n) is 12.6. The van der Waals surface area contributed by atoms with Gasteiger partial charge in [-0.1, -0.05) is 47.2 Å². The van der Waals surface area contributed by atoms with Gasteiger partial charge in [-0.2, -0.15) is 0 Å². The van der Waals surface area contributed by atoms with Gasteiger partial charge in [0.2, 0.25) is 5.13 Å². The van der Waals surface area contributed by atoms with E-state index >= 15 is 0 Å². The molecule has 0 aliphatic carbocycles. The van der Waals surface area contributed by atoms with E-state index in [4.69, 9.17) is 16.3 Å². The number of amides is 2. The number of anilines is 2. The van der Waals surface area contributed by atoms with Crippen LogP contribution in [0.4, 0.5) is 15.6 Å². The number of para-hydroxylation sites is 2. The van der Waals surface area contributed by atoms with Crippen LogP contribution >= 0.6 is 22.9 Å². The predicted molar refractivity (Wildman–Crippen MR) is 96.0 cm³/mol. The van der Waals surface area contributed by atoms with Gasteiger partial charge in [-0.3, -0.25) is 5.32 Å². The van der Waals surface area contributed by atoms with Gasteiger partial charge in [0.25, 0.3) is 0 Å². The topological polar surface area (TPSA) is 76.1 Å². The van der Waals surface area contributed by atoms with Gasteiger partial charge in [-0.15, -0.1) is 10.2 Å². The van der Waals surface area contributed by atoms with Crippen LogP contribution < -0.4 is 15.4 Å². The summed E-state index contributed by atoms with van der Waals surface area (Å²) in [5.41, 5.74) is 1.45. The second-order valence-electron chi connectivity index (χ2n) is 4.70. The molecular weight excluding hydrogens is 348 g/mol. The fourth-order valence-electron chi connectivity index (χ4n) is 1.98. The van der Waals surface area contributed by atoms with E-state index in [2.05, 4.69) is 20.8 Å². The summed E-state index contributed by atoms with van der Waals surface area (Å²) in [5, 5.41) is 15.1. The van der Waals surface area contributed by atoms with Crippen molar-refractivity contribution in [3.8, 4) is 16.3 Å². The number of rotatable bonds is 4. The number of nitrogens with one attached hydrogen (secondary N) is 2. The number of methoxy groups -OCH3 is 1. The average Bonchev–Trinajstić information content (AvgIpc) is 3.04. The van der Waals surface area contributed by atoms with Gasteiger partial charge in [-0.05, 0) is 24.3 Å². The molecule has 2 amide bonds. The smallest absolute Gasteiger partial charge is 0.325 e. The van der Waals surface area contributed by atoms with Crippen LogP contribution in [-0.4, -0.2) is 23.3 Å². The maximum absolute atomic E-state index is 12.1. The number of ether oxygens (including phenoxy) is 1. The Morgan fingerprint density at radius 3 is 2.58 bits per heavy atom. The van der Waals surface area contributed by atoms with E-state index in [0.29, 0.717) is 26.6 Å². The Hall–Kier alpha value is -2.64. The summed E-state index contributed by atoms with van der Waals surface area (Å²) in [6.45, 7) is 0. The van der Waals surface area contributed by atoms with E-state index in [9.17, 15) is 4.79 Å². The number of urea groups is 1. The third kappa shape index (κ3) is 3.81. The van der Waals surface area contributed by atoms with Crippen molar-refractivity contribution in [2.75, 3.05) is 17.7 Å². The highest BCUT2D eigenvalue weighted by atomic mass is 35.5. The Bertz CT molecular complexity index is 851. The molecule has 122 valence electrons. The summed E-state index contributed by atoms with van der Waals surface area (Å²) in [4.78, 5) is 12.1. The third-order valence-corrected chi connectivity index (χ3v) is 4.23. The minimum absolute atomic E-state index is 0.396. The van der Waals surface area contributed by atoms with Gasteiger partial charge in [0.05, 0.1) is 12.8 Å². The molecule has 2 aromatic carbocycles. The Morgan fingerprint density at radius 2 is 1.83 bits per heavy atom. The van der Waals surface area contributed by atoms with Crippen LogP contribution in [0.15, 0.2) is 48.5 Å². The summed E-state index contributed by atoms with van der Waals surface area (Å²) < 4.78 is 5.19. The molecule has 1 heterocycles. The Kier molecular flexibility index (Phi) is 4.93. The number of aromatic nitrogens is 2. The lowest BCUT2D eigenvalue weighted by Crippen LogP contribution is -2.19. The molecule has 0 atom stereocenters. The second-order valence-corrected chi connectivity index (χ2v) is 6.11. The Morgan fingerprint density at radius 1 is 1.08 bits per heavy atom. The van der Waals surface area contributed by atoms with Gasteiger partial charge in [0, 0.05) is 10.6 Å². The SMILES string of the molecule is COc1ccccc1NC(=O)Nc1nnc(-c2ccc(Cl)cc2)s1. The minimum atomic E-state index is -0.418. The summed E-state index contributed by atoms with van der Waals surface area (Å²) in [5.74, 6) is 0.576. The normalized spacial score (nSPS) is 10.2. The molecule has 0 radical (unpaired) electrons. The van der Waals surface area contributed by atoms with E-state index in [1.54, 1.807) is 31.4 Å². The first-order valence-electron chi connectivity index (χ1n) is 6.96. The number of carbonyl (C=O) groups is 1. The predicted octanol–water partition coefficient (Wildman–Crippen LogP) is 4.51. The van der Waals surface area contributed by atoms with Gasteiger partial charge >= 0.3 is 6.03 Å². The molecule has 2 N–H and O–H groups in total. The van der Waals surface area contributed by atoms with Crippen molar-refractivity contribution in [1.82, 2.24) is 10.2 Å². The summed E-state index contributed by atoms with van der Waals surface area (Å²) >= 11 is 7.14. The second kappa shape index (κ2) is 7.29. The zero-order chi connectivity index (χ0) is 16.9. The van der Waals surface area contributed by atoms with E-state index in [1.807, 2.05) is 24.3 Å². The van der Waals surface area contributed by atoms with Crippen LogP contribution in [0.25, 0.3) is 10.6 Å². The Balaban J connectivity index is 1.68. The highest BCUT2D eigenvalue weighted by Gasteiger charge is 2.11. The molecule has 8 heteroatoms. The standard InChI is InChI=1S/C16H13ClN4O2S/c1-23-13-5-3-2-4-12(13)18-15(22)19-16-21-20-14(24-16)10-6-8-11(17)9-7-10/h2-9H,1H3,(H2,18,19,21,22). The maximum atomic E-state index is 12.1. The van der Waals surface area contributed by atoms with Crippen LogP contribution in [-0.2, 0) is 0 Å². The number of hydrogen-bond acceptors (Lipinski definition) is 5. The first-order chi connectivity index (χ1) is 11.7. The fraction of sp³-hybridized carbons (Fsp3) is 0.0625. The van der Waals surface area contributed by atoms with Gasteiger partial charge in [-0.25, -0.2) is 4.79 Å². The van der Waals surface area contributed by atoms with Crippen molar-refractivity contribution < 1.29 is 9.53 Å². The molecule has 0 aliphatic heterocycles. The molecule has 3 aromatic rings. The quantitative estimate of drug-likeness (QED) is 0.717. The van der Waals surface area contributed by atoms with Gasteiger partial charge in [0.1, 0.15) is 10.8 Å².